The van der Waals surface area contributed by atoms with Gasteiger partial charge in [-0.25, -0.2) is 13.4 Å². The van der Waals surface area contributed by atoms with Gasteiger partial charge in [-0.05, 0) is 30.3 Å². The summed E-state index contributed by atoms with van der Waals surface area (Å²) in [4.78, 5) is 4.82. The van der Waals surface area contributed by atoms with Gasteiger partial charge in [-0.3, -0.25) is 0 Å². The molecule has 0 amide bonds. The summed E-state index contributed by atoms with van der Waals surface area (Å²) in [6, 6.07) is 12.1. The zero-order chi connectivity index (χ0) is 16.9. The quantitative estimate of drug-likeness (QED) is 0.578. The number of hydrogen-bond acceptors (Lipinski definition) is 6. The summed E-state index contributed by atoms with van der Waals surface area (Å²) in [6.45, 7) is 0. The summed E-state index contributed by atoms with van der Waals surface area (Å²) in [5, 5.41) is 11.4. The molecule has 0 aliphatic carbocycles. The van der Waals surface area contributed by atoms with Crippen LogP contribution in [0.2, 0.25) is 0 Å². The first-order chi connectivity index (χ1) is 11.4. The van der Waals surface area contributed by atoms with Gasteiger partial charge in [-0.15, -0.1) is 0 Å². The van der Waals surface area contributed by atoms with E-state index < -0.39 is 9.84 Å². The third-order valence-electron chi connectivity index (χ3n) is 3.86. The normalized spacial score (nSPS) is 12.0. The van der Waals surface area contributed by atoms with E-state index in [9.17, 15) is 8.42 Å². The molecule has 2 heterocycles. The maximum Gasteiger partial charge on any atom is 0.175 e. The molecule has 0 fully saturated rings. The molecular weight excluding hydrogens is 326 g/mol. The Kier molecular flexibility index (Phi) is 3.04. The largest absolute Gasteiger partial charge is 0.398 e. The molecule has 0 unspecified atom stereocenters. The molecule has 2 aromatic carbocycles. The van der Waals surface area contributed by atoms with Gasteiger partial charge in [-0.1, -0.05) is 12.1 Å². The SMILES string of the molecule is CS(=O)(=O)c1ccc2nc(-c3cccc4n[nH]nc34)cc(N)c2c1. The lowest BCUT2D eigenvalue weighted by Gasteiger charge is -2.08. The number of para-hydroxylation sites is 1. The van der Waals surface area contributed by atoms with Crippen molar-refractivity contribution in [1.82, 2.24) is 20.4 Å². The molecule has 0 spiro atoms. The first-order valence-corrected chi connectivity index (χ1v) is 9.03. The van der Waals surface area contributed by atoms with Crippen LogP contribution < -0.4 is 5.73 Å². The number of rotatable bonds is 2. The molecule has 0 aliphatic rings. The predicted molar refractivity (Wildman–Crippen MR) is 92.1 cm³/mol. The van der Waals surface area contributed by atoms with E-state index in [0.717, 1.165) is 17.3 Å². The Morgan fingerprint density at radius 1 is 1.04 bits per heavy atom. The minimum Gasteiger partial charge on any atom is -0.398 e. The molecule has 7 nitrogen and oxygen atoms in total. The lowest BCUT2D eigenvalue weighted by atomic mass is 10.1. The van der Waals surface area contributed by atoms with Crippen molar-refractivity contribution in [3.05, 3.63) is 42.5 Å². The van der Waals surface area contributed by atoms with Crippen LogP contribution in [0, 0.1) is 0 Å². The molecule has 3 N–H and O–H groups in total. The summed E-state index contributed by atoms with van der Waals surface area (Å²) in [6.07, 6.45) is 1.16. The number of fused-ring (bicyclic) bond motifs is 2. The molecule has 24 heavy (non-hydrogen) atoms. The van der Waals surface area contributed by atoms with Crippen LogP contribution in [-0.2, 0) is 9.84 Å². The number of nitrogen functional groups attached to an aromatic ring is 1. The Balaban J connectivity index is 1.97. The van der Waals surface area contributed by atoms with Crippen LogP contribution in [0.3, 0.4) is 0 Å². The van der Waals surface area contributed by atoms with Crippen molar-refractivity contribution >= 4 is 37.5 Å². The van der Waals surface area contributed by atoms with E-state index in [0.29, 0.717) is 27.8 Å². The molecule has 4 aromatic rings. The molecule has 120 valence electrons. The monoisotopic (exact) mass is 339 g/mol. The van der Waals surface area contributed by atoms with Gasteiger partial charge in [0, 0.05) is 22.9 Å². The van der Waals surface area contributed by atoms with Crippen molar-refractivity contribution in [3.63, 3.8) is 0 Å². The van der Waals surface area contributed by atoms with E-state index in [2.05, 4.69) is 20.4 Å². The van der Waals surface area contributed by atoms with Crippen LogP contribution in [0.15, 0.2) is 47.4 Å². The third kappa shape index (κ3) is 2.28. The summed E-state index contributed by atoms with van der Waals surface area (Å²) >= 11 is 0. The molecule has 8 heteroatoms. The Bertz CT molecular complexity index is 1200. The number of pyridine rings is 1. The second-order valence-corrected chi connectivity index (χ2v) is 7.56. The van der Waals surface area contributed by atoms with Crippen molar-refractivity contribution in [2.24, 2.45) is 0 Å². The highest BCUT2D eigenvalue weighted by molar-refractivity contribution is 7.90. The average molecular weight is 339 g/mol. The van der Waals surface area contributed by atoms with E-state index in [1.54, 1.807) is 18.2 Å². The van der Waals surface area contributed by atoms with Crippen molar-refractivity contribution in [2.45, 2.75) is 4.90 Å². The maximum absolute atomic E-state index is 11.7. The summed E-state index contributed by atoms with van der Waals surface area (Å²) in [5.74, 6) is 0. The molecular formula is C16H13N5O2S. The van der Waals surface area contributed by atoms with E-state index >= 15 is 0 Å². The van der Waals surface area contributed by atoms with Crippen LogP contribution in [0.5, 0.6) is 0 Å². The Labute approximate surface area is 137 Å². The predicted octanol–water partition coefficient (Wildman–Crippen LogP) is 2.16. The number of hydrogen-bond donors (Lipinski definition) is 2. The van der Waals surface area contributed by atoms with E-state index in [-0.39, 0.29) is 4.90 Å². The summed E-state index contributed by atoms with van der Waals surface area (Å²) < 4.78 is 23.4. The van der Waals surface area contributed by atoms with Crippen molar-refractivity contribution < 1.29 is 8.42 Å². The fraction of sp³-hybridized carbons (Fsp3) is 0.0625. The molecule has 0 aliphatic heterocycles. The fourth-order valence-corrected chi connectivity index (χ4v) is 3.32. The lowest BCUT2D eigenvalue weighted by Crippen LogP contribution is -1.99. The Morgan fingerprint density at radius 3 is 2.67 bits per heavy atom. The molecule has 0 atom stereocenters. The standard InChI is InChI=1S/C16H13N5O2S/c1-24(22,23)9-5-6-13-11(7-9)12(17)8-15(18-13)10-3-2-4-14-16(10)20-21-19-14/h2-8H,1H3,(H2,17,18)(H,19,20,21). The van der Waals surface area contributed by atoms with Crippen molar-refractivity contribution in [3.8, 4) is 11.3 Å². The van der Waals surface area contributed by atoms with E-state index in [1.165, 1.54) is 6.07 Å². The number of nitrogens with two attached hydrogens (primary N) is 1. The number of H-pyrrole nitrogens is 1. The number of nitrogens with one attached hydrogen (secondary N) is 1. The van der Waals surface area contributed by atoms with Gasteiger partial charge in [0.25, 0.3) is 0 Å². The first kappa shape index (κ1) is 14.6. The number of benzene rings is 2. The Hall–Kier alpha value is -3.00. The van der Waals surface area contributed by atoms with Crippen molar-refractivity contribution in [1.29, 1.82) is 0 Å². The van der Waals surface area contributed by atoms with Gasteiger partial charge in [0.2, 0.25) is 0 Å². The minimum absolute atomic E-state index is 0.217. The molecule has 0 bridgehead atoms. The highest BCUT2D eigenvalue weighted by atomic mass is 32.2. The number of sulfone groups is 1. The van der Waals surface area contributed by atoms with Crippen LogP contribution in [-0.4, -0.2) is 35.1 Å². The molecule has 4 rings (SSSR count). The van der Waals surface area contributed by atoms with Gasteiger partial charge < -0.3 is 5.73 Å². The highest BCUT2D eigenvalue weighted by Crippen LogP contribution is 2.30. The van der Waals surface area contributed by atoms with Gasteiger partial charge in [0.1, 0.15) is 11.0 Å². The van der Waals surface area contributed by atoms with Crippen LogP contribution in [0.4, 0.5) is 5.69 Å². The van der Waals surface area contributed by atoms with E-state index in [4.69, 9.17) is 5.73 Å². The second-order valence-electron chi connectivity index (χ2n) is 5.54. The third-order valence-corrected chi connectivity index (χ3v) is 4.97. The lowest BCUT2D eigenvalue weighted by molar-refractivity contribution is 0.602. The number of aromatic amines is 1. The summed E-state index contributed by atoms with van der Waals surface area (Å²) in [7, 11) is -3.30. The van der Waals surface area contributed by atoms with Crippen LogP contribution in [0.25, 0.3) is 33.2 Å². The maximum atomic E-state index is 11.7. The van der Waals surface area contributed by atoms with Gasteiger partial charge >= 0.3 is 0 Å². The van der Waals surface area contributed by atoms with Gasteiger partial charge in [-0.2, -0.15) is 15.4 Å². The van der Waals surface area contributed by atoms with Crippen LogP contribution >= 0.6 is 0 Å². The average Bonchev–Trinajstić information content (AvgIpc) is 3.02. The van der Waals surface area contributed by atoms with Crippen LogP contribution in [0.1, 0.15) is 0 Å². The van der Waals surface area contributed by atoms with E-state index in [1.807, 2.05) is 18.2 Å². The molecule has 2 aromatic heterocycles. The van der Waals surface area contributed by atoms with Gasteiger partial charge in [0.15, 0.2) is 9.84 Å². The molecule has 0 saturated heterocycles. The Morgan fingerprint density at radius 2 is 1.88 bits per heavy atom. The zero-order valence-corrected chi connectivity index (χ0v) is 13.5. The molecule has 0 saturated carbocycles. The summed E-state index contributed by atoms with van der Waals surface area (Å²) in [5.41, 5.74) is 10.1. The second kappa shape index (κ2) is 5.00. The first-order valence-electron chi connectivity index (χ1n) is 7.14. The smallest absolute Gasteiger partial charge is 0.175 e. The number of nitrogens with zero attached hydrogens (tertiary/aromatic N) is 3. The number of anilines is 1. The molecule has 0 radical (unpaired) electrons. The van der Waals surface area contributed by atoms with Crippen molar-refractivity contribution in [2.75, 3.05) is 12.0 Å². The number of aromatic nitrogens is 4. The van der Waals surface area contributed by atoms with Gasteiger partial charge in [0.05, 0.1) is 16.1 Å². The topological polar surface area (TPSA) is 115 Å². The minimum atomic E-state index is -3.30. The highest BCUT2D eigenvalue weighted by Gasteiger charge is 2.13. The zero-order valence-electron chi connectivity index (χ0n) is 12.7. The fourth-order valence-electron chi connectivity index (χ4n) is 2.67.